The average Bonchev–Trinajstić information content (AvgIpc) is 3.30. The summed E-state index contributed by atoms with van der Waals surface area (Å²) < 4.78 is 0. The van der Waals surface area contributed by atoms with E-state index in [9.17, 15) is 4.79 Å². The standard InChI is InChI=1S/C21H27N5OS/c1-28-18-6-4-17(5-7-18)19-14-20(23-16-22-19)25-12-10-24(11-13-25)15-21(27)26-8-2-3-9-26/h4-7,14,16H,2-3,8-13,15H2,1H3. The van der Waals surface area contributed by atoms with E-state index in [0.717, 1.165) is 69.2 Å². The third-order valence-corrected chi connectivity index (χ3v) is 6.30. The van der Waals surface area contributed by atoms with Gasteiger partial charge in [-0.3, -0.25) is 9.69 Å². The molecule has 0 unspecified atom stereocenters. The van der Waals surface area contributed by atoms with Crippen LogP contribution < -0.4 is 4.90 Å². The van der Waals surface area contributed by atoms with Gasteiger partial charge in [-0.25, -0.2) is 9.97 Å². The molecule has 4 rings (SSSR count). The van der Waals surface area contributed by atoms with Gasteiger partial charge in [-0.15, -0.1) is 11.8 Å². The fraction of sp³-hybridized carbons (Fsp3) is 0.476. The summed E-state index contributed by atoms with van der Waals surface area (Å²) in [5.41, 5.74) is 2.06. The van der Waals surface area contributed by atoms with Gasteiger partial charge >= 0.3 is 0 Å². The highest BCUT2D eigenvalue weighted by Crippen LogP contribution is 2.24. The van der Waals surface area contributed by atoms with Crippen LogP contribution in [0.3, 0.4) is 0 Å². The second-order valence-electron chi connectivity index (χ2n) is 7.34. The van der Waals surface area contributed by atoms with Crippen LogP contribution in [-0.2, 0) is 4.79 Å². The lowest BCUT2D eigenvalue weighted by Crippen LogP contribution is -2.50. The molecule has 0 aliphatic carbocycles. The van der Waals surface area contributed by atoms with Crippen molar-refractivity contribution in [2.24, 2.45) is 0 Å². The fourth-order valence-corrected chi connectivity index (χ4v) is 4.24. The van der Waals surface area contributed by atoms with Crippen LogP contribution in [0.25, 0.3) is 11.3 Å². The summed E-state index contributed by atoms with van der Waals surface area (Å²) in [6.45, 7) is 5.96. The lowest BCUT2D eigenvalue weighted by molar-refractivity contribution is -0.131. The quantitative estimate of drug-likeness (QED) is 0.723. The van der Waals surface area contributed by atoms with Crippen molar-refractivity contribution in [3.05, 3.63) is 36.7 Å². The zero-order chi connectivity index (χ0) is 19.3. The zero-order valence-electron chi connectivity index (χ0n) is 16.4. The number of rotatable bonds is 5. The van der Waals surface area contributed by atoms with Crippen LogP contribution in [0.1, 0.15) is 12.8 Å². The topological polar surface area (TPSA) is 52.6 Å². The van der Waals surface area contributed by atoms with E-state index in [1.54, 1.807) is 18.1 Å². The molecule has 0 saturated carbocycles. The predicted octanol–water partition coefficient (Wildman–Crippen LogP) is 2.61. The van der Waals surface area contributed by atoms with Crippen LogP contribution in [0, 0.1) is 0 Å². The Labute approximate surface area is 170 Å². The molecule has 1 aromatic heterocycles. The molecule has 0 N–H and O–H groups in total. The van der Waals surface area contributed by atoms with Crippen LogP contribution in [0.4, 0.5) is 5.82 Å². The van der Waals surface area contributed by atoms with E-state index in [-0.39, 0.29) is 5.91 Å². The Hall–Kier alpha value is -2.12. The molecule has 7 heteroatoms. The van der Waals surface area contributed by atoms with Crippen LogP contribution in [0.5, 0.6) is 0 Å². The minimum atomic E-state index is 0.281. The van der Waals surface area contributed by atoms with Crippen molar-refractivity contribution in [2.75, 3.05) is 57.0 Å². The Kier molecular flexibility index (Phi) is 6.12. The molecule has 3 heterocycles. The minimum Gasteiger partial charge on any atom is -0.354 e. The summed E-state index contributed by atoms with van der Waals surface area (Å²) in [5, 5.41) is 0. The molecule has 0 bridgehead atoms. The Morgan fingerprint density at radius 3 is 2.39 bits per heavy atom. The molecular weight excluding hydrogens is 370 g/mol. The van der Waals surface area contributed by atoms with Crippen molar-refractivity contribution in [1.29, 1.82) is 0 Å². The molecular formula is C21H27N5OS. The summed E-state index contributed by atoms with van der Waals surface area (Å²) in [6, 6.07) is 10.5. The van der Waals surface area contributed by atoms with E-state index in [4.69, 9.17) is 0 Å². The number of carbonyl (C=O) groups is 1. The SMILES string of the molecule is CSc1ccc(-c2cc(N3CCN(CC(=O)N4CCCC4)CC3)ncn2)cc1. The summed E-state index contributed by atoms with van der Waals surface area (Å²) >= 11 is 1.74. The van der Waals surface area contributed by atoms with Crippen molar-refractivity contribution >= 4 is 23.5 Å². The highest BCUT2D eigenvalue weighted by molar-refractivity contribution is 7.98. The van der Waals surface area contributed by atoms with Gasteiger partial charge in [0.2, 0.25) is 5.91 Å². The molecule has 2 aliphatic rings. The first-order valence-corrected chi connectivity index (χ1v) is 11.2. The lowest BCUT2D eigenvalue weighted by Gasteiger charge is -2.35. The first kappa shape index (κ1) is 19.2. The molecule has 1 amide bonds. The number of hydrogen-bond donors (Lipinski definition) is 0. The first-order valence-electron chi connectivity index (χ1n) is 9.94. The number of piperazine rings is 1. The average molecular weight is 398 g/mol. The summed E-state index contributed by atoms with van der Waals surface area (Å²) in [7, 11) is 0. The van der Waals surface area contributed by atoms with Crippen molar-refractivity contribution in [2.45, 2.75) is 17.7 Å². The third-order valence-electron chi connectivity index (χ3n) is 5.55. The molecule has 0 atom stereocenters. The molecule has 2 aromatic rings. The molecule has 0 radical (unpaired) electrons. The van der Waals surface area contributed by atoms with Gasteiger partial charge in [0.05, 0.1) is 12.2 Å². The van der Waals surface area contributed by atoms with E-state index in [1.807, 2.05) is 4.90 Å². The number of benzene rings is 1. The van der Waals surface area contributed by atoms with Gasteiger partial charge in [-0.2, -0.15) is 0 Å². The third kappa shape index (κ3) is 4.47. The molecule has 28 heavy (non-hydrogen) atoms. The van der Waals surface area contributed by atoms with Crippen molar-refractivity contribution in [3.8, 4) is 11.3 Å². The van der Waals surface area contributed by atoms with Crippen LogP contribution in [-0.4, -0.2) is 77.7 Å². The molecule has 0 spiro atoms. The number of hydrogen-bond acceptors (Lipinski definition) is 6. The van der Waals surface area contributed by atoms with Gasteiger partial charge in [-0.1, -0.05) is 12.1 Å². The first-order chi connectivity index (χ1) is 13.7. The van der Waals surface area contributed by atoms with E-state index in [2.05, 4.69) is 56.4 Å². The van der Waals surface area contributed by atoms with Crippen LogP contribution in [0.2, 0.25) is 0 Å². The van der Waals surface area contributed by atoms with Crippen LogP contribution in [0.15, 0.2) is 41.6 Å². The fourth-order valence-electron chi connectivity index (χ4n) is 3.83. The smallest absolute Gasteiger partial charge is 0.236 e. The number of nitrogens with zero attached hydrogens (tertiary/aromatic N) is 5. The number of carbonyl (C=O) groups excluding carboxylic acids is 1. The molecule has 2 fully saturated rings. The molecule has 2 saturated heterocycles. The molecule has 148 valence electrons. The highest BCUT2D eigenvalue weighted by Gasteiger charge is 2.24. The Morgan fingerprint density at radius 2 is 1.71 bits per heavy atom. The van der Waals surface area contributed by atoms with Crippen molar-refractivity contribution in [1.82, 2.24) is 19.8 Å². The Balaban J connectivity index is 1.36. The molecule has 1 aromatic carbocycles. The Bertz CT molecular complexity index is 799. The predicted molar refractivity (Wildman–Crippen MR) is 114 cm³/mol. The lowest BCUT2D eigenvalue weighted by atomic mass is 10.1. The van der Waals surface area contributed by atoms with Gasteiger partial charge in [0.25, 0.3) is 0 Å². The van der Waals surface area contributed by atoms with Gasteiger partial charge in [-0.05, 0) is 31.2 Å². The maximum atomic E-state index is 12.4. The van der Waals surface area contributed by atoms with E-state index < -0.39 is 0 Å². The number of anilines is 1. The van der Waals surface area contributed by atoms with Gasteiger partial charge < -0.3 is 9.80 Å². The molecule has 6 nitrogen and oxygen atoms in total. The number of thioether (sulfide) groups is 1. The van der Waals surface area contributed by atoms with E-state index in [1.165, 1.54) is 4.90 Å². The monoisotopic (exact) mass is 397 g/mol. The van der Waals surface area contributed by atoms with E-state index >= 15 is 0 Å². The second-order valence-corrected chi connectivity index (χ2v) is 8.22. The highest BCUT2D eigenvalue weighted by atomic mass is 32.2. The number of likely N-dealkylation sites (tertiary alicyclic amines) is 1. The van der Waals surface area contributed by atoms with E-state index in [0.29, 0.717) is 6.54 Å². The number of aromatic nitrogens is 2. The maximum absolute atomic E-state index is 12.4. The van der Waals surface area contributed by atoms with Crippen molar-refractivity contribution < 1.29 is 4.79 Å². The zero-order valence-corrected chi connectivity index (χ0v) is 17.2. The van der Waals surface area contributed by atoms with Gasteiger partial charge in [0.15, 0.2) is 0 Å². The summed E-state index contributed by atoms with van der Waals surface area (Å²) in [5.74, 6) is 1.24. The minimum absolute atomic E-state index is 0.281. The van der Waals surface area contributed by atoms with Gasteiger partial charge in [0.1, 0.15) is 12.1 Å². The summed E-state index contributed by atoms with van der Waals surface area (Å²) in [6.07, 6.45) is 6.03. The largest absolute Gasteiger partial charge is 0.354 e. The van der Waals surface area contributed by atoms with Crippen LogP contribution >= 0.6 is 11.8 Å². The maximum Gasteiger partial charge on any atom is 0.236 e. The normalized spacial score (nSPS) is 17.9. The second kappa shape index (κ2) is 8.92. The van der Waals surface area contributed by atoms with Crippen molar-refractivity contribution in [3.63, 3.8) is 0 Å². The Morgan fingerprint density at radius 1 is 1.00 bits per heavy atom. The number of amides is 1. The summed E-state index contributed by atoms with van der Waals surface area (Å²) in [4.78, 5) is 29.1. The molecule has 2 aliphatic heterocycles. The van der Waals surface area contributed by atoms with Gasteiger partial charge in [0, 0.05) is 55.8 Å².